The van der Waals surface area contributed by atoms with Crippen LogP contribution in [0.25, 0.3) is 0 Å². The fraction of sp³-hybridized carbons (Fsp3) is 0.429. The van der Waals surface area contributed by atoms with Crippen LogP contribution in [0.3, 0.4) is 0 Å². The Morgan fingerprint density at radius 3 is 2.65 bits per heavy atom. The van der Waals surface area contributed by atoms with E-state index in [0.717, 1.165) is 0 Å². The Kier molecular flexibility index (Phi) is 5.96. The Hall–Kier alpha value is -2.11. The largest absolute Gasteiger partial charge is 0.484 e. The van der Waals surface area contributed by atoms with Gasteiger partial charge in [-0.05, 0) is 18.1 Å². The van der Waals surface area contributed by atoms with E-state index in [-0.39, 0.29) is 24.7 Å². The van der Waals surface area contributed by atoms with E-state index in [1.165, 1.54) is 24.3 Å². The summed E-state index contributed by atoms with van der Waals surface area (Å²) in [4.78, 5) is 22.4. The SMILES string of the molecule is CC(C)C(CC(=O)O)NC(=O)COc1cccc(F)c1. The molecule has 0 aliphatic heterocycles. The molecule has 20 heavy (non-hydrogen) atoms. The van der Waals surface area contributed by atoms with Gasteiger partial charge in [0.05, 0.1) is 6.42 Å². The summed E-state index contributed by atoms with van der Waals surface area (Å²) in [6.07, 6.45) is -0.149. The number of hydrogen-bond donors (Lipinski definition) is 2. The molecule has 1 aromatic carbocycles. The van der Waals surface area contributed by atoms with Crippen molar-refractivity contribution >= 4 is 11.9 Å². The normalized spacial score (nSPS) is 12.0. The van der Waals surface area contributed by atoms with Crippen LogP contribution in [0.5, 0.6) is 5.75 Å². The number of hydrogen-bond acceptors (Lipinski definition) is 3. The molecule has 1 amide bonds. The maximum absolute atomic E-state index is 12.9. The molecule has 0 saturated carbocycles. The van der Waals surface area contributed by atoms with Gasteiger partial charge in [-0.15, -0.1) is 0 Å². The van der Waals surface area contributed by atoms with Crippen LogP contribution in [-0.4, -0.2) is 29.6 Å². The number of nitrogens with one attached hydrogen (secondary N) is 1. The summed E-state index contributed by atoms with van der Waals surface area (Å²) < 4.78 is 18.0. The zero-order chi connectivity index (χ0) is 15.1. The Balaban J connectivity index is 2.47. The van der Waals surface area contributed by atoms with Gasteiger partial charge >= 0.3 is 5.97 Å². The highest BCUT2D eigenvalue weighted by Gasteiger charge is 2.19. The third-order valence-electron chi connectivity index (χ3n) is 2.71. The first kappa shape index (κ1) is 15.9. The number of benzene rings is 1. The zero-order valence-electron chi connectivity index (χ0n) is 11.4. The minimum atomic E-state index is -0.977. The number of aliphatic carboxylic acids is 1. The Labute approximate surface area is 116 Å². The highest BCUT2D eigenvalue weighted by atomic mass is 19.1. The van der Waals surface area contributed by atoms with Crippen LogP contribution in [-0.2, 0) is 9.59 Å². The predicted octanol–water partition coefficient (Wildman–Crippen LogP) is 1.82. The average Bonchev–Trinajstić information content (AvgIpc) is 2.35. The fourth-order valence-electron chi connectivity index (χ4n) is 1.60. The number of carbonyl (C=O) groups excluding carboxylic acids is 1. The third kappa shape index (κ3) is 5.69. The molecule has 0 aliphatic carbocycles. The van der Waals surface area contributed by atoms with E-state index in [4.69, 9.17) is 9.84 Å². The molecule has 1 unspecified atom stereocenters. The minimum absolute atomic E-state index is 0.00998. The van der Waals surface area contributed by atoms with Crippen LogP contribution in [0.1, 0.15) is 20.3 Å². The molecule has 110 valence electrons. The van der Waals surface area contributed by atoms with Crippen molar-refractivity contribution in [1.29, 1.82) is 0 Å². The summed E-state index contributed by atoms with van der Waals surface area (Å²) in [6, 6.07) is 4.99. The van der Waals surface area contributed by atoms with E-state index < -0.39 is 23.7 Å². The quantitative estimate of drug-likeness (QED) is 0.800. The molecular formula is C14H18FNO4. The number of carboxylic acid groups (broad SMARTS) is 1. The second-order valence-corrected chi connectivity index (χ2v) is 4.76. The van der Waals surface area contributed by atoms with E-state index in [1.807, 2.05) is 13.8 Å². The monoisotopic (exact) mass is 283 g/mol. The fourth-order valence-corrected chi connectivity index (χ4v) is 1.60. The molecule has 1 aromatic rings. The van der Waals surface area contributed by atoms with E-state index in [9.17, 15) is 14.0 Å². The highest BCUT2D eigenvalue weighted by molar-refractivity contribution is 5.78. The minimum Gasteiger partial charge on any atom is -0.484 e. The van der Waals surface area contributed by atoms with Gasteiger partial charge in [-0.2, -0.15) is 0 Å². The number of amides is 1. The Morgan fingerprint density at radius 2 is 2.10 bits per heavy atom. The molecule has 0 heterocycles. The third-order valence-corrected chi connectivity index (χ3v) is 2.71. The summed E-state index contributed by atoms with van der Waals surface area (Å²) in [5, 5.41) is 11.4. The number of halogens is 1. The van der Waals surface area contributed by atoms with Gasteiger partial charge in [-0.25, -0.2) is 4.39 Å². The lowest BCUT2D eigenvalue weighted by Crippen LogP contribution is -2.42. The van der Waals surface area contributed by atoms with Crippen LogP contribution in [0.2, 0.25) is 0 Å². The van der Waals surface area contributed by atoms with E-state index >= 15 is 0 Å². The van der Waals surface area contributed by atoms with Gasteiger partial charge in [-0.3, -0.25) is 9.59 Å². The molecule has 0 radical (unpaired) electrons. The smallest absolute Gasteiger partial charge is 0.305 e. The van der Waals surface area contributed by atoms with Gasteiger partial charge in [0.15, 0.2) is 6.61 Å². The van der Waals surface area contributed by atoms with Crippen LogP contribution < -0.4 is 10.1 Å². The molecule has 1 rings (SSSR count). The lowest BCUT2D eigenvalue weighted by Gasteiger charge is -2.20. The summed E-state index contributed by atoms with van der Waals surface area (Å²) in [7, 11) is 0. The molecule has 0 saturated heterocycles. The van der Waals surface area contributed by atoms with Gasteiger partial charge in [-0.1, -0.05) is 19.9 Å². The lowest BCUT2D eigenvalue weighted by atomic mass is 10.0. The molecular weight excluding hydrogens is 265 g/mol. The molecule has 0 fully saturated rings. The molecule has 1 atom stereocenters. The molecule has 2 N–H and O–H groups in total. The molecule has 6 heteroatoms. The molecule has 0 aromatic heterocycles. The van der Waals surface area contributed by atoms with Gasteiger partial charge in [0.2, 0.25) is 0 Å². The maximum Gasteiger partial charge on any atom is 0.305 e. The highest BCUT2D eigenvalue weighted by Crippen LogP contribution is 2.12. The van der Waals surface area contributed by atoms with Crippen LogP contribution in [0, 0.1) is 11.7 Å². The first-order valence-electron chi connectivity index (χ1n) is 6.28. The van der Waals surface area contributed by atoms with E-state index in [2.05, 4.69) is 5.32 Å². The van der Waals surface area contributed by atoms with Crippen molar-refractivity contribution in [2.75, 3.05) is 6.61 Å². The second kappa shape index (κ2) is 7.47. The first-order valence-corrected chi connectivity index (χ1v) is 6.28. The van der Waals surface area contributed by atoms with Crippen molar-refractivity contribution in [3.8, 4) is 5.75 Å². The van der Waals surface area contributed by atoms with Crippen molar-refractivity contribution in [2.24, 2.45) is 5.92 Å². The first-order chi connectivity index (χ1) is 9.38. The van der Waals surface area contributed by atoms with Crippen molar-refractivity contribution in [3.63, 3.8) is 0 Å². The lowest BCUT2D eigenvalue weighted by molar-refractivity contribution is -0.138. The topological polar surface area (TPSA) is 75.6 Å². The predicted molar refractivity (Wildman–Crippen MR) is 70.9 cm³/mol. The van der Waals surface area contributed by atoms with Crippen molar-refractivity contribution in [3.05, 3.63) is 30.1 Å². The molecule has 5 nitrogen and oxygen atoms in total. The van der Waals surface area contributed by atoms with E-state index in [1.54, 1.807) is 0 Å². The van der Waals surface area contributed by atoms with Gasteiger partial charge < -0.3 is 15.2 Å². The van der Waals surface area contributed by atoms with Crippen molar-refractivity contribution in [2.45, 2.75) is 26.3 Å². The van der Waals surface area contributed by atoms with E-state index in [0.29, 0.717) is 0 Å². The maximum atomic E-state index is 12.9. The Morgan fingerprint density at radius 1 is 1.40 bits per heavy atom. The van der Waals surface area contributed by atoms with Crippen molar-refractivity contribution in [1.82, 2.24) is 5.32 Å². The van der Waals surface area contributed by atoms with Gasteiger partial charge in [0, 0.05) is 12.1 Å². The second-order valence-electron chi connectivity index (χ2n) is 4.76. The van der Waals surface area contributed by atoms with Crippen LogP contribution >= 0.6 is 0 Å². The number of carboxylic acids is 1. The molecule has 0 spiro atoms. The summed E-state index contributed by atoms with van der Waals surface area (Å²) in [5.74, 6) is -1.62. The summed E-state index contributed by atoms with van der Waals surface area (Å²) >= 11 is 0. The number of ether oxygens (including phenoxy) is 1. The van der Waals surface area contributed by atoms with Gasteiger partial charge in [0.25, 0.3) is 5.91 Å². The summed E-state index contributed by atoms with van der Waals surface area (Å²) in [5.41, 5.74) is 0. The average molecular weight is 283 g/mol. The summed E-state index contributed by atoms with van der Waals surface area (Å²) in [6.45, 7) is 3.36. The number of carbonyl (C=O) groups is 2. The molecule has 0 bridgehead atoms. The standard InChI is InChI=1S/C14H18FNO4/c1-9(2)12(7-14(18)19)16-13(17)8-20-11-5-3-4-10(15)6-11/h3-6,9,12H,7-8H2,1-2H3,(H,16,17)(H,18,19). The van der Waals surface area contributed by atoms with Crippen molar-refractivity contribution < 1.29 is 23.8 Å². The van der Waals surface area contributed by atoms with Gasteiger partial charge in [0.1, 0.15) is 11.6 Å². The zero-order valence-corrected chi connectivity index (χ0v) is 11.4. The van der Waals surface area contributed by atoms with Crippen LogP contribution in [0.4, 0.5) is 4.39 Å². The van der Waals surface area contributed by atoms with Crippen LogP contribution in [0.15, 0.2) is 24.3 Å². The number of rotatable bonds is 7. The Bertz CT molecular complexity index is 476. The molecule has 0 aliphatic rings.